The van der Waals surface area contributed by atoms with Crippen molar-refractivity contribution >= 4 is 0 Å². The fourth-order valence-electron chi connectivity index (χ4n) is 1.81. The van der Waals surface area contributed by atoms with Crippen molar-refractivity contribution in [3.8, 4) is 17.2 Å². The Kier molecular flexibility index (Phi) is 5.65. The van der Waals surface area contributed by atoms with E-state index < -0.39 is 6.10 Å². The van der Waals surface area contributed by atoms with Crippen molar-refractivity contribution in [2.24, 2.45) is 0 Å². The minimum absolute atomic E-state index is 0.0539. The van der Waals surface area contributed by atoms with Gasteiger partial charge < -0.3 is 24.6 Å². The van der Waals surface area contributed by atoms with E-state index in [-0.39, 0.29) is 5.54 Å². The Morgan fingerprint density at radius 3 is 1.90 bits per heavy atom. The third-order valence-electron chi connectivity index (χ3n) is 2.90. The van der Waals surface area contributed by atoms with Gasteiger partial charge in [-0.05, 0) is 38.5 Å². The number of ether oxygens (including phenoxy) is 3. The summed E-state index contributed by atoms with van der Waals surface area (Å²) in [6.07, 6.45) is -0.650. The lowest BCUT2D eigenvalue weighted by Gasteiger charge is -2.23. The number of aliphatic hydroxyl groups is 1. The molecule has 1 aromatic rings. The highest BCUT2D eigenvalue weighted by Crippen LogP contribution is 2.39. The zero-order chi connectivity index (χ0) is 15.3. The third-order valence-corrected chi connectivity index (χ3v) is 2.90. The van der Waals surface area contributed by atoms with Crippen molar-refractivity contribution in [1.29, 1.82) is 0 Å². The van der Waals surface area contributed by atoms with Gasteiger partial charge in [-0.3, -0.25) is 0 Å². The van der Waals surface area contributed by atoms with Crippen LogP contribution < -0.4 is 19.5 Å². The first-order valence-electron chi connectivity index (χ1n) is 6.55. The number of β-amino-alcohol motifs (C(OH)–C–C–N with tert-alkyl or cyclic N) is 1. The molecule has 0 saturated heterocycles. The molecule has 0 amide bonds. The molecule has 0 aromatic heterocycles. The molecule has 1 unspecified atom stereocenters. The van der Waals surface area contributed by atoms with Crippen molar-refractivity contribution < 1.29 is 19.3 Å². The third kappa shape index (κ3) is 4.28. The van der Waals surface area contributed by atoms with E-state index in [1.807, 2.05) is 0 Å². The number of aliphatic hydroxyl groups excluding tert-OH is 1. The van der Waals surface area contributed by atoms with Gasteiger partial charge >= 0.3 is 0 Å². The lowest BCUT2D eigenvalue weighted by atomic mass is 10.1. The van der Waals surface area contributed by atoms with E-state index in [9.17, 15) is 5.11 Å². The van der Waals surface area contributed by atoms with Gasteiger partial charge in [-0.2, -0.15) is 0 Å². The summed E-state index contributed by atoms with van der Waals surface area (Å²) in [6.45, 7) is 6.60. The topological polar surface area (TPSA) is 60.0 Å². The highest BCUT2D eigenvalue weighted by atomic mass is 16.5. The molecule has 114 valence electrons. The lowest BCUT2D eigenvalue weighted by molar-refractivity contribution is 0.162. The first-order valence-corrected chi connectivity index (χ1v) is 6.55. The number of nitrogens with one attached hydrogen (secondary N) is 1. The molecule has 0 aliphatic heterocycles. The Labute approximate surface area is 120 Å². The van der Waals surface area contributed by atoms with Gasteiger partial charge in [0.2, 0.25) is 5.75 Å². The van der Waals surface area contributed by atoms with Crippen molar-refractivity contribution in [1.82, 2.24) is 5.32 Å². The summed E-state index contributed by atoms with van der Waals surface area (Å²) in [5.41, 5.74) is 0.665. The molecular formula is C15H25NO4. The molecule has 5 nitrogen and oxygen atoms in total. The zero-order valence-electron chi connectivity index (χ0n) is 13.1. The van der Waals surface area contributed by atoms with E-state index in [0.717, 1.165) is 5.56 Å². The largest absolute Gasteiger partial charge is 0.493 e. The number of hydrogen-bond acceptors (Lipinski definition) is 5. The molecule has 20 heavy (non-hydrogen) atoms. The normalized spacial score (nSPS) is 12.9. The van der Waals surface area contributed by atoms with Gasteiger partial charge in [0.05, 0.1) is 27.4 Å². The van der Waals surface area contributed by atoms with E-state index in [1.165, 1.54) is 0 Å². The Balaban J connectivity index is 3.00. The second-order valence-electron chi connectivity index (χ2n) is 5.61. The molecule has 0 aliphatic carbocycles. The van der Waals surface area contributed by atoms with E-state index in [2.05, 4.69) is 26.1 Å². The van der Waals surface area contributed by atoms with Crippen LogP contribution >= 0.6 is 0 Å². The standard InChI is InChI=1S/C15H25NO4/c1-15(2,3)16-9-11(17)10-7-12(18-4)14(20-6)13(8-10)19-5/h7-8,11,16-17H,9H2,1-6H3. The van der Waals surface area contributed by atoms with Gasteiger partial charge in [-0.25, -0.2) is 0 Å². The summed E-state index contributed by atoms with van der Waals surface area (Å²) in [5.74, 6) is 1.60. The lowest BCUT2D eigenvalue weighted by Crippen LogP contribution is -2.38. The fraction of sp³-hybridized carbons (Fsp3) is 0.600. The van der Waals surface area contributed by atoms with Crippen LogP contribution in [0.25, 0.3) is 0 Å². The van der Waals surface area contributed by atoms with Crippen molar-refractivity contribution in [2.75, 3.05) is 27.9 Å². The quantitative estimate of drug-likeness (QED) is 0.837. The highest BCUT2D eigenvalue weighted by molar-refractivity contribution is 5.54. The molecular weight excluding hydrogens is 258 g/mol. The summed E-state index contributed by atoms with van der Waals surface area (Å²) in [5, 5.41) is 13.5. The molecule has 0 fully saturated rings. The molecule has 0 saturated carbocycles. The maximum atomic E-state index is 10.3. The van der Waals surface area contributed by atoms with Crippen LogP contribution in [0.15, 0.2) is 12.1 Å². The summed E-state index contributed by atoms with van der Waals surface area (Å²) < 4.78 is 15.8. The van der Waals surface area contributed by atoms with Crippen LogP contribution in [0.1, 0.15) is 32.4 Å². The Hall–Kier alpha value is -1.46. The Bertz CT molecular complexity index is 415. The van der Waals surface area contributed by atoms with E-state index in [1.54, 1.807) is 33.5 Å². The van der Waals surface area contributed by atoms with Crippen molar-refractivity contribution in [3.05, 3.63) is 17.7 Å². The first-order chi connectivity index (χ1) is 9.32. The molecule has 0 bridgehead atoms. The second-order valence-corrected chi connectivity index (χ2v) is 5.61. The Morgan fingerprint density at radius 2 is 1.55 bits per heavy atom. The first kappa shape index (κ1) is 16.6. The molecule has 2 N–H and O–H groups in total. The van der Waals surface area contributed by atoms with E-state index in [4.69, 9.17) is 14.2 Å². The zero-order valence-corrected chi connectivity index (χ0v) is 13.1. The van der Waals surface area contributed by atoms with Gasteiger partial charge in [-0.15, -0.1) is 0 Å². The fourth-order valence-corrected chi connectivity index (χ4v) is 1.81. The highest BCUT2D eigenvalue weighted by Gasteiger charge is 2.19. The minimum atomic E-state index is -0.650. The predicted octanol–water partition coefficient (Wildman–Crippen LogP) is 2.13. The molecule has 1 aromatic carbocycles. The molecule has 0 spiro atoms. The summed E-state index contributed by atoms with van der Waals surface area (Å²) in [7, 11) is 4.67. The SMILES string of the molecule is COc1cc(C(O)CNC(C)(C)C)cc(OC)c1OC. The van der Waals surface area contributed by atoms with Crippen molar-refractivity contribution in [3.63, 3.8) is 0 Å². The van der Waals surface area contributed by atoms with Crippen LogP contribution in [0, 0.1) is 0 Å². The van der Waals surface area contributed by atoms with Gasteiger partial charge in [0.15, 0.2) is 11.5 Å². The van der Waals surface area contributed by atoms with Crippen LogP contribution in [0.2, 0.25) is 0 Å². The van der Waals surface area contributed by atoms with E-state index in [0.29, 0.717) is 23.8 Å². The van der Waals surface area contributed by atoms with Crippen LogP contribution in [0.3, 0.4) is 0 Å². The predicted molar refractivity (Wildman–Crippen MR) is 78.8 cm³/mol. The average molecular weight is 283 g/mol. The summed E-state index contributed by atoms with van der Waals surface area (Å²) in [4.78, 5) is 0. The van der Waals surface area contributed by atoms with Gasteiger partial charge in [0.1, 0.15) is 0 Å². The molecule has 0 aliphatic rings. The maximum Gasteiger partial charge on any atom is 0.203 e. The molecule has 1 atom stereocenters. The summed E-state index contributed by atoms with van der Waals surface area (Å²) >= 11 is 0. The van der Waals surface area contributed by atoms with Crippen molar-refractivity contribution in [2.45, 2.75) is 32.4 Å². The molecule has 5 heteroatoms. The Morgan fingerprint density at radius 1 is 1.05 bits per heavy atom. The van der Waals surface area contributed by atoms with Crippen LogP contribution in [-0.4, -0.2) is 38.5 Å². The monoisotopic (exact) mass is 283 g/mol. The minimum Gasteiger partial charge on any atom is -0.493 e. The smallest absolute Gasteiger partial charge is 0.203 e. The van der Waals surface area contributed by atoms with Gasteiger partial charge in [-0.1, -0.05) is 0 Å². The van der Waals surface area contributed by atoms with Crippen LogP contribution in [0.4, 0.5) is 0 Å². The molecule has 0 heterocycles. The number of benzene rings is 1. The number of hydrogen-bond donors (Lipinski definition) is 2. The van der Waals surface area contributed by atoms with E-state index >= 15 is 0 Å². The number of methoxy groups -OCH3 is 3. The van der Waals surface area contributed by atoms with Crippen LogP contribution in [0.5, 0.6) is 17.2 Å². The summed E-state index contributed by atoms with van der Waals surface area (Å²) in [6, 6.07) is 3.52. The maximum absolute atomic E-state index is 10.3. The van der Waals surface area contributed by atoms with Gasteiger partial charge in [0.25, 0.3) is 0 Å². The average Bonchev–Trinajstić information content (AvgIpc) is 2.42. The van der Waals surface area contributed by atoms with Gasteiger partial charge in [0, 0.05) is 12.1 Å². The molecule has 1 rings (SSSR count). The molecule has 0 radical (unpaired) electrons. The van der Waals surface area contributed by atoms with Crippen LogP contribution in [-0.2, 0) is 0 Å². The second kappa shape index (κ2) is 6.81. The number of rotatable bonds is 6.